The van der Waals surface area contributed by atoms with E-state index in [0.717, 1.165) is 42.1 Å². The molecule has 2 heterocycles. The lowest BCUT2D eigenvalue weighted by molar-refractivity contribution is -0.129. The summed E-state index contributed by atoms with van der Waals surface area (Å²) in [6.07, 6.45) is 2.02. The van der Waals surface area contributed by atoms with Crippen LogP contribution in [-0.4, -0.2) is 29.4 Å². The summed E-state index contributed by atoms with van der Waals surface area (Å²) in [4.78, 5) is 18.4. The van der Waals surface area contributed by atoms with E-state index in [0.29, 0.717) is 0 Å². The lowest BCUT2D eigenvalue weighted by Gasteiger charge is -2.23. The smallest absolute Gasteiger partial charge is 0.220 e. The Morgan fingerprint density at radius 1 is 1.27 bits per heavy atom. The average molecular weight is 296 g/mol. The Balaban J connectivity index is 1.94. The molecule has 3 rings (SSSR count). The largest absolute Gasteiger partial charge is 0.497 e. The zero-order valence-electron chi connectivity index (χ0n) is 13.0. The summed E-state index contributed by atoms with van der Waals surface area (Å²) in [7, 11) is 1.66. The minimum Gasteiger partial charge on any atom is -0.497 e. The molecule has 0 spiro atoms. The average Bonchev–Trinajstić information content (AvgIpc) is 3.05. The Hall–Kier alpha value is -2.36. The van der Waals surface area contributed by atoms with Crippen LogP contribution < -0.4 is 4.74 Å². The van der Waals surface area contributed by atoms with Crippen LogP contribution in [0, 0.1) is 0 Å². The van der Waals surface area contributed by atoms with Crippen molar-refractivity contribution in [2.45, 2.75) is 25.8 Å². The van der Waals surface area contributed by atoms with Gasteiger partial charge in [0.15, 0.2) is 0 Å². The molecule has 1 aliphatic heterocycles. The predicted octanol–water partition coefficient (Wildman–Crippen LogP) is 3.44. The molecule has 1 fully saturated rings. The van der Waals surface area contributed by atoms with Gasteiger partial charge in [0.2, 0.25) is 5.91 Å². The van der Waals surface area contributed by atoms with Gasteiger partial charge in [0.05, 0.1) is 24.5 Å². The van der Waals surface area contributed by atoms with E-state index < -0.39 is 0 Å². The summed E-state index contributed by atoms with van der Waals surface area (Å²) in [5.74, 6) is 0.937. The van der Waals surface area contributed by atoms with Crippen LogP contribution in [0.5, 0.6) is 5.75 Å². The lowest BCUT2D eigenvalue weighted by Crippen LogP contribution is -2.28. The number of likely N-dealkylation sites (tertiary alicyclic amines) is 1. The maximum absolute atomic E-state index is 11.7. The van der Waals surface area contributed by atoms with Crippen molar-refractivity contribution < 1.29 is 9.53 Å². The van der Waals surface area contributed by atoms with Crippen molar-refractivity contribution in [2.75, 3.05) is 13.7 Å². The molecule has 1 aromatic carbocycles. The molecular formula is C18H20N2O2. The van der Waals surface area contributed by atoms with Crippen molar-refractivity contribution in [2.24, 2.45) is 0 Å². The molecule has 0 bridgehead atoms. The van der Waals surface area contributed by atoms with E-state index in [2.05, 4.69) is 0 Å². The second kappa shape index (κ2) is 6.18. The summed E-state index contributed by atoms with van der Waals surface area (Å²) < 4.78 is 5.27. The molecule has 1 unspecified atom stereocenters. The first-order valence-corrected chi connectivity index (χ1v) is 7.57. The highest BCUT2D eigenvalue weighted by Gasteiger charge is 2.28. The number of hydrogen-bond acceptors (Lipinski definition) is 3. The molecule has 1 saturated heterocycles. The van der Waals surface area contributed by atoms with Crippen molar-refractivity contribution in [3.63, 3.8) is 0 Å². The van der Waals surface area contributed by atoms with Gasteiger partial charge in [-0.1, -0.05) is 18.2 Å². The standard InChI is InChI=1S/C18H20N2O2/c1-13(21)20-11-5-10-18(20)17-9-4-8-16(19-17)14-6-3-7-15(12-14)22-2/h3-4,6-9,12,18H,5,10-11H2,1-2H3. The molecule has 4 heteroatoms. The molecule has 1 atom stereocenters. The van der Waals surface area contributed by atoms with Gasteiger partial charge >= 0.3 is 0 Å². The molecule has 2 aromatic rings. The van der Waals surface area contributed by atoms with Crippen LogP contribution in [0.1, 0.15) is 31.5 Å². The number of ether oxygens (including phenoxy) is 1. The van der Waals surface area contributed by atoms with Crippen LogP contribution in [-0.2, 0) is 4.79 Å². The highest BCUT2D eigenvalue weighted by Crippen LogP contribution is 2.32. The monoisotopic (exact) mass is 296 g/mol. The summed E-state index contributed by atoms with van der Waals surface area (Å²) in [6.45, 7) is 2.45. The molecule has 1 aliphatic rings. The number of carbonyl (C=O) groups excluding carboxylic acids is 1. The lowest BCUT2D eigenvalue weighted by atomic mass is 10.1. The van der Waals surface area contributed by atoms with E-state index in [-0.39, 0.29) is 11.9 Å². The molecular weight excluding hydrogens is 276 g/mol. The number of amides is 1. The SMILES string of the molecule is COc1cccc(-c2cccc(C3CCCN3C(C)=O)n2)c1. The van der Waals surface area contributed by atoms with Gasteiger partial charge in [-0.15, -0.1) is 0 Å². The number of rotatable bonds is 3. The molecule has 0 saturated carbocycles. The van der Waals surface area contributed by atoms with E-state index in [1.807, 2.05) is 47.4 Å². The Morgan fingerprint density at radius 3 is 2.86 bits per heavy atom. The van der Waals surface area contributed by atoms with Gasteiger partial charge in [0.25, 0.3) is 0 Å². The maximum Gasteiger partial charge on any atom is 0.220 e. The van der Waals surface area contributed by atoms with Gasteiger partial charge < -0.3 is 9.64 Å². The quantitative estimate of drug-likeness (QED) is 0.871. The predicted molar refractivity (Wildman–Crippen MR) is 85.6 cm³/mol. The number of benzene rings is 1. The molecule has 22 heavy (non-hydrogen) atoms. The van der Waals surface area contributed by atoms with Crippen LogP contribution in [0.3, 0.4) is 0 Å². The van der Waals surface area contributed by atoms with Crippen LogP contribution >= 0.6 is 0 Å². The van der Waals surface area contributed by atoms with E-state index in [4.69, 9.17) is 9.72 Å². The zero-order valence-corrected chi connectivity index (χ0v) is 13.0. The van der Waals surface area contributed by atoms with Gasteiger partial charge in [-0.25, -0.2) is 0 Å². The highest BCUT2D eigenvalue weighted by atomic mass is 16.5. The minimum absolute atomic E-state index is 0.100. The van der Waals surface area contributed by atoms with E-state index in [1.54, 1.807) is 14.0 Å². The molecule has 114 valence electrons. The third kappa shape index (κ3) is 2.82. The minimum atomic E-state index is 0.100. The molecule has 1 aromatic heterocycles. The Labute approximate surface area is 130 Å². The van der Waals surface area contributed by atoms with Crippen molar-refractivity contribution in [3.8, 4) is 17.0 Å². The van der Waals surface area contributed by atoms with Crippen LogP contribution in [0.4, 0.5) is 0 Å². The fraction of sp³-hybridized carbons (Fsp3) is 0.333. The number of hydrogen-bond donors (Lipinski definition) is 0. The third-order valence-corrected chi connectivity index (χ3v) is 4.13. The van der Waals surface area contributed by atoms with Crippen molar-refractivity contribution in [1.82, 2.24) is 9.88 Å². The van der Waals surface area contributed by atoms with Gasteiger partial charge in [0, 0.05) is 19.0 Å². The van der Waals surface area contributed by atoms with Crippen LogP contribution in [0.25, 0.3) is 11.3 Å². The zero-order chi connectivity index (χ0) is 15.5. The van der Waals surface area contributed by atoms with Gasteiger partial charge in [-0.05, 0) is 37.1 Å². The van der Waals surface area contributed by atoms with E-state index >= 15 is 0 Å². The first kappa shape index (κ1) is 14.6. The number of methoxy groups -OCH3 is 1. The normalized spacial score (nSPS) is 17.5. The molecule has 0 N–H and O–H groups in total. The maximum atomic E-state index is 11.7. The van der Waals surface area contributed by atoms with Crippen LogP contribution in [0.2, 0.25) is 0 Å². The van der Waals surface area contributed by atoms with Crippen LogP contribution in [0.15, 0.2) is 42.5 Å². The van der Waals surface area contributed by atoms with Crippen molar-refractivity contribution in [1.29, 1.82) is 0 Å². The Morgan fingerprint density at radius 2 is 2.09 bits per heavy atom. The second-order valence-electron chi connectivity index (χ2n) is 5.55. The number of pyridine rings is 1. The number of carbonyl (C=O) groups is 1. The first-order valence-electron chi connectivity index (χ1n) is 7.57. The molecule has 0 radical (unpaired) electrons. The summed E-state index contributed by atoms with van der Waals surface area (Å²) in [6, 6.07) is 14.0. The molecule has 4 nitrogen and oxygen atoms in total. The fourth-order valence-electron chi connectivity index (χ4n) is 3.03. The van der Waals surface area contributed by atoms with Gasteiger partial charge in [0.1, 0.15) is 5.75 Å². The van der Waals surface area contributed by atoms with E-state index in [1.165, 1.54) is 0 Å². The van der Waals surface area contributed by atoms with Crippen molar-refractivity contribution in [3.05, 3.63) is 48.2 Å². The summed E-state index contributed by atoms with van der Waals surface area (Å²) in [5, 5.41) is 0. The van der Waals surface area contributed by atoms with Crippen molar-refractivity contribution >= 4 is 5.91 Å². The topological polar surface area (TPSA) is 42.4 Å². The first-order chi connectivity index (χ1) is 10.7. The van der Waals surface area contributed by atoms with Gasteiger partial charge in [-0.3, -0.25) is 9.78 Å². The summed E-state index contributed by atoms with van der Waals surface area (Å²) >= 11 is 0. The Kier molecular flexibility index (Phi) is 4.09. The number of aromatic nitrogens is 1. The molecule has 1 amide bonds. The molecule has 0 aliphatic carbocycles. The van der Waals surface area contributed by atoms with E-state index in [9.17, 15) is 4.79 Å². The highest BCUT2D eigenvalue weighted by molar-refractivity contribution is 5.74. The fourth-order valence-corrected chi connectivity index (χ4v) is 3.03. The summed E-state index contributed by atoms with van der Waals surface area (Å²) in [5.41, 5.74) is 2.90. The third-order valence-electron chi connectivity index (χ3n) is 4.13. The Bertz CT molecular complexity index is 684. The number of nitrogens with zero attached hydrogens (tertiary/aromatic N) is 2. The second-order valence-corrected chi connectivity index (χ2v) is 5.55. The van der Waals surface area contributed by atoms with Gasteiger partial charge in [-0.2, -0.15) is 0 Å².